The van der Waals surface area contributed by atoms with Crippen LogP contribution in [0.5, 0.6) is 0 Å². The summed E-state index contributed by atoms with van der Waals surface area (Å²) in [5.74, 6) is 1.53. The van der Waals surface area contributed by atoms with Crippen molar-refractivity contribution >= 4 is 6.08 Å². The molecule has 0 spiro atoms. The molecule has 0 aliphatic rings. The van der Waals surface area contributed by atoms with Crippen LogP contribution >= 0.6 is 0 Å². The second-order valence-electron chi connectivity index (χ2n) is 8.51. The van der Waals surface area contributed by atoms with Crippen LogP contribution in [0.4, 0.5) is 0 Å². The first-order chi connectivity index (χ1) is 14.7. The number of hydrogen-bond donors (Lipinski definition) is 0. The molecule has 0 aliphatic heterocycles. The summed E-state index contributed by atoms with van der Waals surface area (Å²) in [4.78, 5) is 2.59. The van der Waals surface area contributed by atoms with Crippen molar-refractivity contribution in [1.29, 1.82) is 0 Å². The largest absolute Gasteiger partial charge is 0.377 e. The molecule has 0 fully saturated rings. The lowest BCUT2D eigenvalue weighted by molar-refractivity contribution is 0.240. The molecule has 0 aliphatic carbocycles. The van der Waals surface area contributed by atoms with Gasteiger partial charge < -0.3 is 4.90 Å². The van der Waals surface area contributed by atoms with Crippen LogP contribution in [0.2, 0.25) is 0 Å². The van der Waals surface area contributed by atoms with Gasteiger partial charge in [-0.3, -0.25) is 0 Å². The molecule has 0 radical (unpaired) electrons. The molecule has 1 aromatic carbocycles. The van der Waals surface area contributed by atoms with Gasteiger partial charge >= 0.3 is 0 Å². The fraction of sp³-hybridized carbons (Fsp3) is 0.615. The van der Waals surface area contributed by atoms with Crippen LogP contribution in [0.15, 0.2) is 42.9 Å². The van der Waals surface area contributed by atoms with Gasteiger partial charge in [0.2, 0.25) is 0 Å². The normalized spacial score (nSPS) is 13.6. The van der Waals surface area contributed by atoms with Crippen molar-refractivity contribution in [2.24, 2.45) is 11.8 Å². The smallest absolute Gasteiger partial charge is 0.0736 e. The van der Waals surface area contributed by atoms with Crippen LogP contribution in [0, 0.1) is 11.8 Å². The molecular formula is C26H42N4. The van der Waals surface area contributed by atoms with Crippen LogP contribution in [0.3, 0.4) is 0 Å². The van der Waals surface area contributed by atoms with Crippen molar-refractivity contribution in [3.05, 3.63) is 48.4 Å². The molecular weight excluding hydrogens is 368 g/mol. The van der Waals surface area contributed by atoms with Gasteiger partial charge in [-0.15, -0.1) is 5.10 Å². The summed E-state index contributed by atoms with van der Waals surface area (Å²) in [6.07, 6.45) is 18.6. The van der Waals surface area contributed by atoms with Gasteiger partial charge in [-0.2, -0.15) is 0 Å². The molecule has 0 N–H and O–H groups in total. The van der Waals surface area contributed by atoms with E-state index >= 15 is 0 Å². The molecule has 0 amide bonds. The molecule has 1 aromatic heterocycles. The topological polar surface area (TPSA) is 34.0 Å². The van der Waals surface area contributed by atoms with Crippen LogP contribution in [-0.4, -0.2) is 33.0 Å². The molecule has 4 nitrogen and oxygen atoms in total. The van der Waals surface area contributed by atoms with E-state index in [1.165, 1.54) is 56.9 Å². The quantitative estimate of drug-likeness (QED) is 0.318. The second kappa shape index (κ2) is 14.0. The van der Waals surface area contributed by atoms with Crippen molar-refractivity contribution in [2.45, 2.75) is 79.1 Å². The third-order valence-corrected chi connectivity index (χ3v) is 6.14. The number of rotatable bonds is 15. The van der Waals surface area contributed by atoms with E-state index in [1.54, 1.807) is 6.20 Å². The molecule has 166 valence electrons. The number of benzene rings is 1. The maximum atomic E-state index is 4.18. The summed E-state index contributed by atoms with van der Waals surface area (Å²) < 4.78 is 1.84. The molecule has 30 heavy (non-hydrogen) atoms. The predicted molar refractivity (Wildman–Crippen MR) is 129 cm³/mol. The molecule has 0 bridgehead atoms. The zero-order valence-electron chi connectivity index (χ0n) is 19.6. The molecule has 0 saturated heterocycles. The van der Waals surface area contributed by atoms with Crippen molar-refractivity contribution in [3.63, 3.8) is 0 Å². The lowest BCUT2D eigenvalue weighted by Crippen LogP contribution is -2.29. The number of hydrogen-bond acceptors (Lipinski definition) is 3. The highest BCUT2D eigenvalue weighted by atomic mass is 15.4. The summed E-state index contributed by atoms with van der Waals surface area (Å²) >= 11 is 0. The van der Waals surface area contributed by atoms with Gasteiger partial charge in [0.15, 0.2) is 0 Å². The Balaban J connectivity index is 2.19. The molecule has 4 heteroatoms. The minimum Gasteiger partial charge on any atom is -0.377 e. The minimum atomic E-state index is 0.767. The van der Waals surface area contributed by atoms with Crippen LogP contribution < -0.4 is 0 Å². The third-order valence-electron chi connectivity index (χ3n) is 6.14. The Hall–Kier alpha value is -2.10. The zero-order chi connectivity index (χ0) is 21.6. The summed E-state index contributed by atoms with van der Waals surface area (Å²) in [5.41, 5.74) is 2.25. The number of unbranched alkanes of at least 4 members (excludes halogenated alkanes) is 2. The van der Waals surface area contributed by atoms with Gasteiger partial charge in [-0.25, -0.2) is 4.68 Å². The highest BCUT2D eigenvalue weighted by Gasteiger charge is 2.15. The fourth-order valence-corrected chi connectivity index (χ4v) is 4.05. The summed E-state index contributed by atoms with van der Waals surface area (Å²) in [5, 5.41) is 8.16. The van der Waals surface area contributed by atoms with Crippen molar-refractivity contribution in [2.75, 3.05) is 13.1 Å². The Bertz CT molecular complexity index is 690. The first-order valence-corrected chi connectivity index (χ1v) is 12.1. The Labute approximate surface area is 184 Å². The number of para-hydroxylation sites is 1. The SMILES string of the molecule is CCCCC(CC)CN(/C=C/c1ccccc1-n1ccnn1)CC(CC)CCCC. The van der Waals surface area contributed by atoms with E-state index < -0.39 is 0 Å². The summed E-state index contributed by atoms with van der Waals surface area (Å²) in [6, 6.07) is 8.41. The third kappa shape index (κ3) is 7.97. The highest BCUT2D eigenvalue weighted by Crippen LogP contribution is 2.21. The highest BCUT2D eigenvalue weighted by molar-refractivity contribution is 5.59. The standard InChI is InChI=1S/C26H42N4/c1-5-9-13-23(7-3)21-29(22-24(8-4)14-10-6-2)19-17-25-15-11-12-16-26(25)30-20-18-27-28-30/h11-12,15-20,23-24H,5-10,13-14,21-22H2,1-4H3/b19-17+. The monoisotopic (exact) mass is 410 g/mol. The molecule has 2 unspecified atom stereocenters. The summed E-state index contributed by atoms with van der Waals surface area (Å²) in [6.45, 7) is 11.6. The molecule has 2 aromatic rings. The Morgan fingerprint density at radius 2 is 1.57 bits per heavy atom. The van der Waals surface area contributed by atoms with Crippen molar-refractivity contribution < 1.29 is 0 Å². The predicted octanol–water partition coefficient (Wildman–Crippen LogP) is 6.97. The maximum absolute atomic E-state index is 4.18. The van der Waals surface area contributed by atoms with Gasteiger partial charge in [0.1, 0.15) is 0 Å². The van der Waals surface area contributed by atoms with Gasteiger partial charge in [0.05, 0.1) is 18.1 Å². The Morgan fingerprint density at radius 1 is 0.933 bits per heavy atom. The average molecular weight is 411 g/mol. The molecule has 0 saturated carbocycles. The van der Waals surface area contributed by atoms with Gasteiger partial charge in [0.25, 0.3) is 0 Å². The molecule has 1 heterocycles. The van der Waals surface area contributed by atoms with Gasteiger partial charge in [-0.1, -0.05) is 89.6 Å². The van der Waals surface area contributed by atoms with Crippen LogP contribution in [0.25, 0.3) is 11.8 Å². The first kappa shape index (κ1) is 24.2. The van der Waals surface area contributed by atoms with E-state index in [0.29, 0.717) is 0 Å². The van der Waals surface area contributed by atoms with Crippen molar-refractivity contribution in [1.82, 2.24) is 19.9 Å². The summed E-state index contributed by atoms with van der Waals surface area (Å²) in [7, 11) is 0. The molecule has 2 atom stereocenters. The Kier molecular flexibility index (Phi) is 11.3. The van der Waals surface area contributed by atoms with E-state index in [1.807, 2.05) is 10.9 Å². The van der Waals surface area contributed by atoms with Crippen LogP contribution in [-0.2, 0) is 0 Å². The first-order valence-electron chi connectivity index (χ1n) is 12.1. The van der Waals surface area contributed by atoms with Crippen molar-refractivity contribution in [3.8, 4) is 5.69 Å². The van der Waals surface area contributed by atoms with E-state index in [4.69, 9.17) is 0 Å². The minimum absolute atomic E-state index is 0.767. The lowest BCUT2D eigenvalue weighted by Gasteiger charge is -2.29. The van der Waals surface area contributed by atoms with E-state index in [2.05, 4.69) is 79.4 Å². The molecule has 2 rings (SSSR count). The zero-order valence-corrected chi connectivity index (χ0v) is 19.6. The fourth-order valence-electron chi connectivity index (χ4n) is 4.05. The van der Waals surface area contributed by atoms with Gasteiger partial charge in [-0.05, 0) is 43.0 Å². The number of nitrogens with zero attached hydrogens (tertiary/aromatic N) is 4. The van der Waals surface area contributed by atoms with Crippen LogP contribution in [0.1, 0.15) is 84.6 Å². The maximum Gasteiger partial charge on any atom is 0.0736 e. The average Bonchev–Trinajstić information content (AvgIpc) is 3.32. The lowest BCUT2D eigenvalue weighted by atomic mass is 9.96. The van der Waals surface area contributed by atoms with Gasteiger partial charge in [0, 0.05) is 18.7 Å². The second-order valence-corrected chi connectivity index (χ2v) is 8.51. The van der Waals surface area contributed by atoms with E-state index in [9.17, 15) is 0 Å². The van der Waals surface area contributed by atoms with E-state index in [-0.39, 0.29) is 0 Å². The van der Waals surface area contributed by atoms with E-state index in [0.717, 1.165) is 30.6 Å². The Morgan fingerprint density at radius 3 is 2.10 bits per heavy atom. The number of aromatic nitrogens is 3.